The quantitative estimate of drug-likeness (QED) is 0.323. The van der Waals surface area contributed by atoms with Crippen molar-refractivity contribution in [3.05, 3.63) is 101 Å². The van der Waals surface area contributed by atoms with Gasteiger partial charge in [0.25, 0.3) is 11.7 Å². The highest BCUT2D eigenvalue weighted by atomic mass is 16.5. The molecule has 1 heterocycles. The molecule has 0 radical (unpaired) electrons. The number of ether oxygens (including phenoxy) is 1. The fraction of sp³-hybridized carbons (Fsp3) is 0.179. The maximum atomic E-state index is 13.2. The summed E-state index contributed by atoms with van der Waals surface area (Å²) in [6.45, 7) is 5.72. The number of Topliss-reactive ketones (excluding diaryl/α,β-unsaturated/α-hetero) is 1. The van der Waals surface area contributed by atoms with E-state index in [0.717, 1.165) is 5.56 Å². The summed E-state index contributed by atoms with van der Waals surface area (Å²) in [5, 5.41) is 20.4. The number of nitriles is 1. The smallest absolute Gasteiger partial charge is 0.300 e. The average molecular weight is 453 g/mol. The van der Waals surface area contributed by atoms with E-state index in [1.54, 1.807) is 42.5 Å². The summed E-state index contributed by atoms with van der Waals surface area (Å²) in [5.74, 6) is -1.07. The Morgan fingerprint density at radius 2 is 1.71 bits per heavy atom. The van der Waals surface area contributed by atoms with Crippen LogP contribution >= 0.6 is 0 Å². The molecule has 3 aromatic rings. The van der Waals surface area contributed by atoms with Crippen LogP contribution in [0.5, 0.6) is 5.75 Å². The van der Waals surface area contributed by atoms with Crippen LogP contribution in [-0.2, 0) is 9.59 Å². The number of aliphatic hydroxyl groups is 1. The van der Waals surface area contributed by atoms with Crippen molar-refractivity contribution in [3.63, 3.8) is 0 Å². The molecular weight excluding hydrogens is 428 g/mol. The summed E-state index contributed by atoms with van der Waals surface area (Å²) in [7, 11) is 0. The van der Waals surface area contributed by atoms with Crippen molar-refractivity contribution in [2.45, 2.75) is 32.9 Å². The molecule has 170 valence electrons. The maximum absolute atomic E-state index is 13.2. The van der Waals surface area contributed by atoms with Gasteiger partial charge < -0.3 is 9.84 Å². The Morgan fingerprint density at radius 1 is 1.03 bits per heavy atom. The van der Waals surface area contributed by atoms with Gasteiger partial charge in [-0.1, -0.05) is 30.3 Å². The van der Waals surface area contributed by atoms with E-state index in [4.69, 9.17) is 10.00 Å². The summed E-state index contributed by atoms with van der Waals surface area (Å²) in [6.07, 6.45) is -0.00558. The summed E-state index contributed by atoms with van der Waals surface area (Å²) in [4.78, 5) is 27.8. The Kier molecular flexibility index (Phi) is 6.20. The third kappa shape index (κ3) is 4.16. The molecule has 3 aromatic carbocycles. The van der Waals surface area contributed by atoms with Gasteiger partial charge in [0.2, 0.25) is 0 Å². The highest BCUT2D eigenvalue weighted by molar-refractivity contribution is 6.51. The number of rotatable bonds is 5. The molecule has 1 atom stereocenters. The van der Waals surface area contributed by atoms with Crippen LogP contribution in [0, 0.1) is 18.3 Å². The number of carbonyl (C=O) groups is 2. The lowest BCUT2D eigenvalue weighted by Crippen LogP contribution is -2.29. The summed E-state index contributed by atoms with van der Waals surface area (Å²) < 4.78 is 5.78. The second kappa shape index (κ2) is 9.24. The number of hydrogen-bond donors (Lipinski definition) is 1. The van der Waals surface area contributed by atoms with Gasteiger partial charge in [-0.3, -0.25) is 14.5 Å². The zero-order valence-corrected chi connectivity index (χ0v) is 19.1. The lowest BCUT2D eigenvalue weighted by atomic mass is 9.94. The van der Waals surface area contributed by atoms with Gasteiger partial charge in [-0.05, 0) is 74.4 Å². The number of benzene rings is 3. The Bertz CT molecular complexity index is 1320. The number of aliphatic hydroxyl groups excluding tert-OH is 1. The third-order valence-corrected chi connectivity index (χ3v) is 5.65. The Balaban J connectivity index is 1.87. The second-order valence-corrected chi connectivity index (χ2v) is 8.39. The van der Waals surface area contributed by atoms with Gasteiger partial charge >= 0.3 is 0 Å². The largest absolute Gasteiger partial charge is 0.507 e. The number of ketones is 1. The Labute approximate surface area is 198 Å². The summed E-state index contributed by atoms with van der Waals surface area (Å²) in [6, 6.07) is 21.9. The molecule has 34 heavy (non-hydrogen) atoms. The van der Waals surface area contributed by atoms with Crippen molar-refractivity contribution >= 4 is 23.1 Å². The fourth-order valence-corrected chi connectivity index (χ4v) is 4.08. The zero-order valence-electron chi connectivity index (χ0n) is 19.1. The number of nitrogens with zero attached hydrogens (tertiary/aromatic N) is 2. The van der Waals surface area contributed by atoms with E-state index in [9.17, 15) is 14.7 Å². The fourth-order valence-electron chi connectivity index (χ4n) is 4.08. The topological polar surface area (TPSA) is 90.6 Å². The first-order valence-corrected chi connectivity index (χ1v) is 11.0. The molecule has 4 rings (SSSR count). The summed E-state index contributed by atoms with van der Waals surface area (Å²) >= 11 is 0. The minimum absolute atomic E-state index is 0.00558. The van der Waals surface area contributed by atoms with Crippen LogP contribution in [0.15, 0.2) is 78.4 Å². The highest BCUT2D eigenvalue weighted by Gasteiger charge is 2.46. The maximum Gasteiger partial charge on any atom is 0.300 e. The van der Waals surface area contributed by atoms with E-state index >= 15 is 0 Å². The second-order valence-electron chi connectivity index (χ2n) is 8.39. The first-order chi connectivity index (χ1) is 16.3. The van der Waals surface area contributed by atoms with E-state index in [0.29, 0.717) is 28.1 Å². The highest BCUT2D eigenvalue weighted by Crippen LogP contribution is 2.42. The van der Waals surface area contributed by atoms with Gasteiger partial charge in [-0.25, -0.2) is 0 Å². The minimum atomic E-state index is -0.818. The number of aryl methyl sites for hydroxylation is 1. The number of anilines is 1. The van der Waals surface area contributed by atoms with Crippen LogP contribution in [0.1, 0.15) is 42.1 Å². The van der Waals surface area contributed by atoms with Crippen molar-refractivity contribution < 1.29 is 19.4 Å². The number of amides is 1. The first kappa shape index (κ1) is 22.8. The lowest BCUT2D eigenvalue weighted by molar-refractivity contribution is -0.132. The van der Waals surface area contributed by atoms with Crippen LogP contribution in [0.2, 0.25) is 0 Å². The summed E-state index contributed by atoms with van der Waals surface area (Å²) in [5.41, 5.74) is 2.82. The standard InChI is InChI=1S/C28H24N2O4/c1-17(2)34-23-14-11-21(15-18(23)3)26(31)24-25(20-7-5-4-6-8-20)30(28(33)27(24)32)22-12-9-19(16-29)10-13-22/h4-15,17,25,31H,1-3H3/b26-24-. The molecule has 1 saturated heterocycles. The molecule has 1 aliphatic rings. The van der Waals surface area contributed by atoms with Gasteiger partial charge in [-0.2, -0.15) is 5.26 Å². The average Bonchev–Trinajstić information content (AvgIpc) is 3.10. The Hall–Kier alpha value is -4.37. The molecule has 1 N–H and O–H groups in total. The van der Waals surface area contributed by atoms with E-state index in [1.807, 2.05) is 57.2 Å². The third-order valence-electron chi connectivity index (χ3n) is 5.65. The Morgan fingerprint density at radius 3 is 2.29 bits per heavy atom. The van der Waals surface area contributed by atoms with E-state index in [2.05, 4.69) is 0 Å². The van der Waals surface area contributed by atoms with Crippen molar-refractivity contribution in [2.75, 3.05) is 4.90 Å². The predicted molar refractivity (Wildman–Crippen MR) is 129 cm³/mol. The van der Waals surface area contributed by atoms with Gasteiger partial charge in [0.1, 0.15) is 11.5 Å². The van der Waals surface area contributed by atoms with Crippen LogP contribution in [0.4, 0.5) is 5.69 Å². The van der Waals surface area contributed by atoms with E-state index in [1.165, 1.54) is 4.90 Å². The predicted octanol–water partition coefficient (Wildman–Crippen LogP) is 5.28. The van der Waals surface area contributed by atoms with Gasteiger partial charge in [0.15, 0.2) is 0 Å². The van der Waals surface area contributed by atoms with Crippen LogP contribution < -0.4 is 9.64 Å². The van der Waals surface area contributed by atoms with Crippen molar-refractivity contribution in [1.29, 1.82) is 5.26 Å². The van der Waals surface area contributed by atoms with Gasteiger partial charge in [-0.15, -0.1) is 0 Å². The van der Waals surface area contributed by atoms with Crippen molar-refractivity contribution in [1.82, 2.24) is 0 Å². The molecule has 0 saturated carbocycles. The molecule has 0 bridgehead atoms. The zero-order chi connectivity index (χ0) is 24.4. The van der Waals surface area contributed by atoms with E-state index in [-0.39, 0.29) is 17.4 Å². The monoisotopic (exact) mass is 452 g/mol. The molecule has 0 aromatic heterocycles. The molecular formula is C28H24N2O4. The molecule has 6 heteroatoms. The SMILES string of the molecule is Cc1cc(/C(O)=C2/C(=O)C(=O)N(c3ccc(C#N)cc3)C2c2ccccc2)ccc1OC(C)C. The molecule has 1 unspecified atom stereocenters. The van der Waals surface area contributed by atoms with Gasteiger partial charge in [0, 0.05) is 11.3 Å². The number of hydrogen-bond acceptors (Lipinski definition) is 5. The van der Waals surface area contributed by atoms with Crippen molar-refractivity contribution in [2.24, 2.45) is 0 Å². The minimum Gasteiger partial charge on any atom is -0.507 e. The van der Waals surface area contributed by atoms with E-state index < -0.39 is 17.7 Å². The van der Waals surface area contributed by atoms with Crippen molar-refractivity contribution in [3.8, 4) is 11.8 Å². The van der Waals surface area contributed by atoms with Gasteiger partial charge in [0.05, 0.1) is 29.4 Å². The van der Waals surface area contributed by atoms with Crippen LogP contribution in [0.25, 0.3) is 5.76 Å². The normalized spacial score (nSPS) is 17.1. The molecule has 0 spiro atoms. The molecule has 0 aliphatic carbocycles. The number of carbonyl (C=O) groups excluding carboxylic acids is 2. The molecule has 1 fully saturated rings. The van der Waals surface area contributed by atoms with Crippen LogP contribution in [-0.4, -0.2) is 22.9 Å². The lowest BCUT2D eigenvalue weighted by Gasteiger charge is -2.25. The molecule has 6 nitrogen and oxygen atoms in total. The van der Waals surface area contributed by atoms with Crippen LogP contribution in [0.3, 0.4) is 0 Å². The first-order valence-electron chi connectivity index (χ1n) is 11.0. The molecule has 1 aliphatic heterocycles. The molecule has 1 amide bonds.